The highest BCUT2D eigenvalue weighted by Gasteiger charge is 2.22. The van der Waals surface area contributed by atoms with Crippen LogP contribution in [0.2, 0.25) is 0 Å². The van der Waals surface area contributed by atoms with E-state index in [4.69, 9.17) is 5.73 Å². The molecule has 6 heteroatoms. The van der Waals surface area contributed by atoms with Crippen molar-refractivity contribution >= 4 is 18.2 Å². The minimum atomic E-state index is 0. The van der Waals surface area contributed by atoms with Gasteiger partial charge < -0.3 is 5.73 Å². The molecule has 2 aromatic heterocycles. The first kappa shape index (κ1) is 15.2. The van der Waals surface area contributed by atoms with Gasteiger partial charge in [0, 0.05) is 31.2 Å². The predicted octanol–water partition coefficient (Wildman–Crippen LogP) is 1.71. The lowest BCUT2D eigenvalue weighted by Gasteiger charge is -2.33. The summed E-state index contributed by atoms with van der Waals surface area (Å²) in [5.74, 6) is 1.46. The third-order valence-electron chi connectivity index (χ3n) is 4.05. The molecule has 0 amide bonds. The third kappa shape index (κ3) is 3.29. The second-order valence-electron chi connectivity index (χ2n) is 5.53. The van der Waals surface area contributed by atoms with E-state index in [1.807, 2.05) is 16.7 Å². The number of imidazole rings is 1. The number of nitrogens with two attached hydrogens (primary N) is 1. The van der Waals surface area contributed by atoms with Crippen LogP contribution in [0, 0.1) is 5.92 Å². The molecule has 1 unspecified atom stereocenters. The number of halogens is 1. The number of nitrogens with zero attached hydrogens (tertiary/aromatic N) is 4. The molecular formula is C14H22ClN5. The average molecular weight is 296 g/mol. The zero-order chi connectivity index (χ0) is 13.2. The van der Waals surface area contributed by atoms with Gasteiger partial charge in [-0.25, -0.2) is 9.97 Å². The molecular weight excluding hydrogens is 274 g/mol. The van der Waals surface area contributed by atoms with Gasteiger partial charge in [0.15, 0.2) is 0 Å². The number of likely N-dealkylation sites (tertiary alicyclic amines) is 1. The standard InChI is InChI=1S/C14H21N5.ClH/c1-11(15)12-3-7-18(8-4-12)9-13-10-19-6-2-5-16-14(19)17-13;/h2,5-6,10-12H,3-4,7-9,15H2,1H3;1H. The van der Waals surface area contributed by atoms with Crippen molar-refractivity contribution in [2.75, 3.05) is 13.1 Å². The van der Waals surface area contributed by atoms with Crippen molar-refractivity contribution in [3.05, 3.63) is 30.4 Å². The SMILES string of the molecule is CC(N)C1CCN(Cc2cn3cccnc3n2)CC1.Cl. The molecule has 110 valence electrons. The molecule has 1 fully saturated rings. The van der Waals surface area contributed by atoms with Crippen LogP contribution in [0.25, 0.3) is 5.78 Å². The number of rotatable bonds is 3. The Balaban J connectivity index is 0.00000147. The van der Waals surface area contributed by atoms with Crippen molar-refractivity contribution in [1.82, 2.24) is 19.3 Å². The Labute approximate surface area is 125 Å². The molecule has 5 nitrogen and oxygen atoms in total. The van der Waals surface area contributed by atoms with E-state index in [0.717, 1.165) is 31.1 Å². The Morgan fingerprint density at radius 3 is 2.80 bits per heavy atom. The second kappa shape index (κ2) is 6.52. The first-order chi connectivity index (χ1) is 9.22. The summed E-state index contributed by atoms with van der Waals surface area (Å²) in [4.78, 5) is 11.3. The van der Waals surface area contributed by atoms with E-state index in [1.165, 1.54) is 12.8 Å². The minimum Gasteiger partial charge on any atom is -0.328 e. The monoisotopic (exact) mass is 295 g/mol. The lowest BCUT2D eigenvalue weighted by molar-refractivity contribution is 0.164. The average Bonchev–Trinajstić information content (AvgIpc) is 2.81. The van der Waals surface area contributed by atoms with Gasteiger partial charge in [0.05, 0.1) is 5.69 Å². The molecule has 1 aliphatic rings. The van der Waals surface area contributed by atoms with Crippen molar-refractivity contribution in [1.29, 1.82) is 0 Å². The van der Waals surface area contributed by atoms with E-state index in [9.17, 15) is 0 Å². The molecule has 0 bridgehead atoms. The Kier molecular flexibility index (Phi) is 4.96. The summed E-state index contributed by atoms with van der Waals surface area (Å²) in [5, 5.41) is 0. The maximum Gasteiger partial charge on any atom is 0.233 e. The predicted molar refractivity (Wildman–Crippen MR) is 81.9 cm³/mol. The Morgan fingerprint density at radius 1 is 1.40 bits per heavy atom. The van der Waals surface area contributed by atoms with Gasteiger partial charge in [0.1, 0.15) is 0 Å². The van der Waals surface area contributed by atoms with Gasteiger partial charge in [-0.3, -0.25) is 9.30 Å². The number of piperidine rings is 1. The summed E-state index contributed by atoms with van der Waals surface area (Å²) >= 11 is 0. The fraction of sp³-hybridized carbons (Fsp3) is 0.571. The zero-order valence-corrected chi connectivity index (χ0v) is 12.6. The normalized spacial score (nSPS) is 18.9. The summed E-state index contributed by atoms with van der Waals surface area (Å²) in [6.45, 7) is 5.27. The molecule has 2 N–H and O–H groups in total. The van der Waals surface area contributed by atoms with Gasteiger partial charge in [-0.15, -0.1) is 12.4 Å². The second-order valence-corrected chi connectivity index (χ2v) is 5.53. The molecule has 3 heterocycles. The molecule has 0 aromatic carbocycles. The van der Waals surface area contributed by atoms with Gasteiger partial charge in [-0.05, 0) is 44.8 Å². The molecule has 3 rings (SSSR count). The van der Waals surface area contributed by atoms with Crippen molar-refractivity contribution in [2.45, 2.75) is 32.4 Å². The van der Waals surface area contributed by atoms with E-state index in [2.05, 4.69) is 28.0 Å². The number of aromatic nitrogens is 3. The lowest BCUT2D eigenvalue weighted by atomic mass is 9.91. The van der Waals surface area contributed by atoms with Crippen LogP contribution in [-0.4, -0.2) is 38.4 Å². The Bertz CT molecular complexity index is 512. The summed E-state index contributed by atoms with van der Waals surface area (Å²) in [6.07, 6.45) is 8.23. The van der Waals surface area contributed by atoms with Crippen LogP contribution in [0.3, 0.4) is 0 Å². The Hall–Kier alpha value is -1.17. The summed E-state index contributed by atoms with van der Waals surface area (Å²) in [6, 6.07) is 2.24. The van der Waals surface area contributed by atoms with E-state index < -0.39 is 0 Å². The fourth-order valence-corrected chi connectivity index (χ4v) is 2.82. The first-order valence-corrected chi connectivity index (χ1v) is 6.99. The molecule has 0 saturated carbocycles. The lowest BCUT2D eigenvalue weighted by Crippen LogP contribution is -2.39. The molecule has 0 spiro atoms. The highest BCUT2D eigenvalue weighted by atomic mass is 35.5. The quantitative estimate of drug-likeness (QED) is 0.936. The van der Waals surface area contributed by atoms with Crippen molar-refractivity contribution in [3.63, 3.8) is 0 Å². The van der Waals surface area contributed by atoms with Crippen LogP contribution in [0.1, 0.15) is 25.5 Å². The molecule has 1 atom stereocenters. The van der Waals surface area contributed by atoms with E-state index >= 15 is 0 Å². The summed E-state index contributed by atoms with van der Waals surface area (Å²) in [7, 11) is 0. The van der Waals surface area contributed by atoms with Crippen LogP contribution in [0.5, 0.6) is 0 Å². The van der Waals surface area contributed by atoms with E-state index in [0.29, 0.717) is 12.0 Å². The van der Waals surface area contributed by atoms with Crippen LogP contribution in [0.15, 0.2) is 24.7 Å². The van der Waals surface area contributed by atoms with Gasteiger partial charge in [0.2, 0.25) is 5.78 Å². The topological polar surface area (TPSA) is 59.5 Å². The van der Waals surface area contributed by atoms with Gasteiger partial charge in [-0.2, -0.15) is 0 Å². The highest BCUT2D eigenvalue weighted by Crippen LogP contribution is 2.20. The van der Waals surface area contributed by atoms with E-state index in [-0.39, 0.29) is 12.4 Å². The molecule has 2 aromatic rings. The van der Waals surface area contributed by atoms with Gasteiger partial charge in [0.25, 0.3) is 0 Å². The van der Waals surface area contributed by atoms with Gasteiger partial charge >= 0.3 is 0 Å². The van der Waals surface area contributed by atoms with Crippen molar-refractivity contribution in [2.24, 2.45) is 11.7 Å². The molecule has 1 saturated heterocycles. The fourth-order valence-electron chi connectivity index (χ4n) is 2.82. The van der Waals surface area contributed by atoms with Crippen LogP contribution in [-0.2, 0) is 6.54 Å². The van der Waals surface area contributed by atoms with Crippen LogP contribution >= 0.6 is 12.4 Å². The van der Waals surface area contributed by atoms with Gasteiger partial charge in [-0.1, -0.05) is 0 Å². The molecule has 0 aliphatic carbocycles. The van der Waals surface area contributed by atoms with E-state index in [1.54, 1.807) is 6.20 Å². The maximum atomic E-state index is 5.97. The first-order valence-electron chi connectivity index (χ1n) is 6.99. The number of fused-ring (bicyclic) bond motifs is 1. The third-order valence-corrected chi connectivity index (χ3v) is 4.05. The molecule has 20 heavy (non-hydrogen) atoms. The molecule has 1 aliphatic heterocycles. The van der Waals surface area contributed by atoms with Crippen LogP contribution < -0.4 is 5.73 Å². The van der Waals surface area contributed by atoms with Crippen LogP contribution in [0.4, 0.5) is 0 Å². The van der Waals surface area contributed by atoms with Crippen molar-refractivity contribution in [3.8, 4) is 0 Å². The number of hydrogen-bond donors (Lipinski definition) is 1. The minimum absolute atomic E-state index is 0. The zero-order valence-electron chi connectivity index (χ0n) is 11.8. The van der Waals surface area contributed by atoms with Crippen molar-refractivity contribution < 1.29 is 0 Å². The molecule has 0 radical (unpaired) electrons. The maximum absolute atomic E-state index is 5.97. The highest BCUT2D eigenvalue weighted by molar-refractivity contribution is 5.85. The summed E-state index contributed by atoms with van der Waals surface area (Å²) in [5.41, 5.74) is 7.07. The smallest absolute Gasteiger partial charge is 0.233 e. The summed E-state index contributed by atoms with van der Waals surface area (Å²) < 4.78 is 1.98. The largest absolute Gasteiger partial charge is 0.328 e. The Morgan fingerprint density at radius 2 is 2.15 bits per heavy atom. The number of hydrogen-bond acceptors (Lipinski definition) is 4.